The maximum atomic E-state index is 12.2. The lowest BCUT2D eigenvalue weighted by molar-refractivity contribution is -0.154. The number of nitrogens with one attached hydrogen (secondary N) is 1. The molecule has 0 bridgehead atoms. The first-order valence-corrected chi connectivity index (χ1v) is 9.21. The summed E-state index contributed by atoms with van der Waals surface area (Å²) in [5, 5.41) is 12.5. The fraction of sp³-hybridized carbons (Fsp3) is 0.875. The Hall–Kier alpha value is -0.710. The van der Waals surface area contributed by atoms with Gasteiger partial charge in [-0.25, -0.2) is 0 Å². The minimum Gasteiger partial charge on any atom is -0.481 e. The summed E-state index contributed by atoms with van der Waals surface area (Å²) in [5.41, 5.74) is -0.831. The van der Waals surface area contributed by atoms with Crippen LogP contribution in [-0.2, 0) is 9.59 Å². The van der Waals surface area contributed by atoms with Gasteiger partial charge in [0.15, 0.2) is 0 Å². The highest BCUT2D eigenvalue weighted by Gasteiger charge is 2.41. The number of hydrogen-bond acceptors (Lipinski definition) is 3. The van der Waals surface area contributed by atoms with E-state index in [1.54, 1.807) is 11.8 Å². The summed E-state index contributed by atoms with van der Waals surface area (Å²) in [5.74, 6) is -0.918. The summed E-state index contributed by atoms with van der Waals surface area (Å²) < 4.78 is 0.0681. The third-order valence-electron chi connectivity index (χ3n) is 5.09. The van der Waals surface area contributed by atoms with E-state index in [1.165, 1.54) is 0 Å². The third-order valence-corrected chi connectivity index (χ3v) is 6.68. The van der Waals surface area contributed by atoms with Crippen LogP contribution >= 0.6 is 11.8 Å². The molecule has 1 rings (SSSR count). The van der Waals surface area contributed by atoms with Gasteiger partial charge in [-0.05, 0) is 31.9 Å². The molecular formula is C16H29NO3S. The van der Waals surface area contributed by atoms with Crippen LogP contribution in [0.2, 0.25) is 0 Å². The highest BCUT2D eigenvalue weighted by molar-refractivity contribution is 8.00. The predicted molar refractivity (Wildman–Crippen MR) is 87.6 cm³/mol. The minimum absolute atomic E-state index is 0.0681. The van der Waals surface area contributed by atoms with Gasteiger partial charge in [-0.15, -0.1) is 0 Å². The van der Waals surface area contributed by atoms with Crippen molar-refractivity contribution in [2.24, 2.45) is 5.41 Å². The molecule has 1 amide bonds. The summed E-state index contributed by atoms with van der Waals surface area (Å²) in [4.78, 5) is 23.8. The van der Waals surface area contributed by atoms with Crippen LogP contribution in [0.4, 0.5) is 0 Å². The number of rotatable bonds is 8. The molecule has 0 radical (unpaired) electrons. The highest BCUT2D eigenvalue weighted by Crippen LogP contribution is 2.39. The van der Waals surface area contributed by atoms with Crippen LogP contribution in [0.1, 0.15) is 65.2 Å². The molecule has 0 spiro atoms. The van der Waals surface area contributed by atoms with Crippen molar-refractivity contribution in [1.82, 2.24) is 5.32 Å². The van der Waals surface area contributed by atoms with E-state index in [4.69, 9.17) is 0 Å². The molecule has 0 aromatic carbocycles. The van der Waals surface area contributed by atoms with Crippen molar-refractivity contribution in [3.05, 3.63) is 0 Å². The Morgan fingerprint density at radius 2 is 1.76 bits per heavy atom. The van der Waals surface area contributed by atoms with Crippen LogP contribution in [0.3, 0.4) is 0 Å². The van der Waals surface area contributed by atoms with Gasteiger partial charge in [0.2, 0.25) is 5.91 Å². The topological polar surface area (TPSA) is 66.4 Å². The monoisotopic (exact) mass is 315 g/mol. The lowest BCUT2D eigenvalue weighted by Crippen LogP contribution is -2.43. The summed E-state index contributed by atoms with van der Waals surface area (Å²) in [6.07, 6.45) is 8.35. The summed E-state index contributed by atoms with van der Waals surface area (Å²) in [6, 6.07) is 0. The Balaban J connectivity index is 2.61. The zero-order valence-corrected chi connectivity index (χ0v) is 14.4. The van der Waals surface area contributed by atoms with Crippen LogP contribution < -0.4 is 5.32 Å². The smallest absolute Gasteiger partial charge is 0.310 e. The Morgan fingerprint density at radius 3 is 2.19 bits per heavy atom. The van der Waals surface area contributed by atoms with Gasteiger partial charge < -0.3 is 10.4 Å². The first-order valence-electron chi connectivity index (χ1n) is 7.99. The fourth-order valence-corrected chi connectivity index (χ4v) is 3.98. The number of carbonyl (C=O) groups excluding carboxylic acids is 1. The van der Waals surface area contributed by atoms with Gasteiger partial charge in [0.25, 0.3) is 0 Å². The molecule has 0 aromatic rings. The quantitative estimate of drug-likeness (QED) is 0.720. The number of carboxylic acid groups (broad SMARTS) is 1. The molecule has 1 fully saturated rings. The molecule has 1 aliphatic rings. The number of carbonyl (C=O) groups is 2. The third kappa shape index (κ3) is 4.63. The van der Waals surface area contributed by atoms with Crippen LogP contribution in [0.15, 0.2) is 0 Å². The van der Waals surface area contributed by atoms with E-state index >= 15 is 0 Å². The van der Waals surface area contributed by atoms with Crippen LogP contribution in [0.5, 0.6) is 0 Å². The number of carboxylic acids is 1. The van der Waals surface area contributed by atoms with Crippen molar-refractivity contribution in [3.63, 3.8) is 0 Å². The van der Waals surface area contributed by atoms with Crippen molar-refractivity contribution in [1.29, 1.82) is 0 Å². The van der Waals surface area contributed by atoms with Crippen molar-refractivity contribution >= 4 is 23.6 Å². The molecule has 5 heteroatoms. The molecule has 0 heterocycles. The lowest BCUT2D eigenvalue weighted by Gasteiger charge is -2.34. The normalized spacial score (nSPS) is 18.2. The second kappa shape index (κ2) is 8.06. The average molecular weight is 315 g/mol. The van der Waals surface area contributed by atoms with Crippen molar-refractivity contribution in [2.75, 3.05) is 12.8 Å². The van der Waals surface area contributed by atoms with Gasteiger partial charge in [-0.1, -0.05) is 33.1 Å². The number of amides is 1. The summed E-state index contributed by atoms with van der Waals surface area (Å²) >= 11 is 1.78. The SMILES string of the molecule is CCC(CC)(CNC(=O)CC1(C(=O)O)CCCCC1)SC. The van der Waals surface area contributed by atoms with Gasteiger partial charge in [0.1, 0.15) is 0 Å². The van der Waals surface area contributed by atoms with E-state index in [1.807, 2.05) is 0 Å². The average Bonchev–Trinajstić information content (AvgIpc) is 2.50. The maximum absolute atomic E-state index is 12.2. The van der Waals surface area contributed by atoms with E-state index < -0.39 is 11.4 Å². The van der Waals surface area contributed by atoms with Gasteiger partial charge in [-0.3, -0.25) is 9.59 Å². The lowest BCUT2D eigenvalue weighted by atomic mass is 9.71. The molecule has 0 saturated heterocycles. The molecule has 0 aliphatic heterocycles. The Labute approximate surface area is 132 Å². The molecule has 0 aromatic heterocycles. The zero-order chi connectivity index (χ0) is 15.9. The second-order valence-electron chi connectivity index (χ2n) is 6.19. The van der Waals surface area contributed by atoms with Gasteiger partial charge >= 0.3 is 5.97 Å². The number of thioether (sulfide) groups is 1. The number of hydrogen-bond donors (Lipinski definition) is 2. The molecule has 4 nitrogen and oxygen atoms in total. The minimum atomic E-state index is -0.831. The Morgan fingerprint density at radius 1 is 1.19 bits per heavy atom. The number of aliphatic carboxylic acids is 1. The predicted octanol–water partition coefficient (Wildman–Crippen LogP) is 3.45. The largest absolute Gasteiger partial charge is 0.481 e. The first-order chi connectivity index (χ1) is 9.93. The summed E-state index contributed by atoms with van der Waals surface area (Å²) in [7, 11) is 0. The first kappa shape index (κ1) is 18.3. The zero-order valence-electron chi connectivity index (χ0n) is 13.5. The van der Waals surface area contributed by atoms with Gasteiger partial charge in [-0.2, -0.15) is 11.8 Å². The molecule has 1 aliphatic carbocycles. The molecule has 21 heavy (non-hydrogen) atoms. The fourth-order valence-electron chi connectivity index (χ4n) is 3.19. The van der Waals surface area contributed by atoms with Crippen LogP contribution in [0.25, 0.3) is 0 Å². The maximum Gasteiger partial charge on any atom is 0.310 e. The van der Waals surface area contributed by atoms with Crippen LogP contribution in [-0.4, -0.2) is 34.5 Å². The van der Waals surface area contributed by atoms with Crippen molar-refractivity contribution in [3.8, 4) is 0 Å². The van der Waals surface area contributed by atoms with Crippen molar-refractivity contribution in [2.45, 2.75) is 70.0 Å². The standard InChI is InChI=1S/C16H29NO3S/c1-4-16(5-2,21-3)12-17-13(18)11-15(14(19)20)9-7-6-8-10-15/h4-12H2,1-3H3,(H,17,18)(H,19,20). The van der Waals surface area contributed by atoms with E-state index in [-0.39, 0.29) is 17.1 Å². The van der Waals surface area contributed by atoms with E-state index in [2.05, 4.69) is 25.4 Å². The van der Waals surface area contributed by atoms with E-state index in [9.17, 15) is 14.7 Å². The molecule has 0 unspecified atom stereocenters. The Kier molecular flexibility index (Phi) is 7.04. The highest BCUT2D eigenvalue weighted by atomic mass is 32.2. The molecule has 1 saturated carbocycles. The Bertz CT molecular complexity index is 352. The molecule has 0 atom stereocenters. The molecule has 122 valence electrons. The van der Waals surface area contributed by atoms with E-state index in [0.717, 1.165) is 32.1 Å². The second-order valence-corrected chi connectivity index (χ2v) is 7.47. The van der Waals surface area contributed by atoms with Gasteiger partial charge in [0, 0.05) is 17.7 Å². The van der Waals surface area contributed by atoms with Crippen LogP contribution in [0, 0.1) is 5.41 Å². The molecule has 2 N–H and O–H groups in total. The summed E-state index contributed by atoms with van der Waals surface area (Å²) in [6.45, 7) is 4.88. The van der Waals surface area contributed by atoms with Crippen molar-refractivity contribution < 1.29 is 14.7 Å². The molecular weight excluding hydrogens is 286 g/mol. The van der Waals surface area contributed by atoms with Gasteiger partial charge in [0.05, 0.1) is 5.41 Å². The van der Waals surface area contributed by atoms with E-state index in [0.29, 0.717) is 19.4 Å².